The highest BCUT2D eigenvalue weighted by molar-refractivity contribution is 7.80. The second-order valence-electron chi connectivity index (χ2n) is 4.92. The van der Waals surface area contributed by atoms with E-state index in [1.165, 1.54) is 0 Å². The summed E-state index contributed by atoms with van der Waals surface area (Å²) in [6.07, 6.45) is 2.18. The number of aryl methyl sites for hydroxylation is 2. The van der Waals surface area contributed by atoms with E-state index in [1.807, 2.05) is 42.7 Å². The molecular weight excluding hydrogens is 282 g/mol. The summed E-state index contributed by atoms with van der Waals surface area (Å²) in [6.45, 7) is 3.85. The van der Waals surface area contributed by atoms with E-state index >= 15 is 0 Å². The normalized spacial score (nSPS) is 11.0. The van der Waals surface area contributed by atoms with Crippen molar-refractivity contribution < 1.29 is 0 Å². The molecule has 0 spiro atoms. The molecule has 2 aromatic heterocycles. The molecular formula is C15H15N5S. The number of hydrogen-bond donors (Lipinski definition) is 1. The fraction of sp³-hybridized carbons (Fsp3) is 0.200. The van der Waals surface area contributed by atoms with Crippen LogP contribution in [0.15, 0.2) is 30.5 Å². The summed E-state index contributed by atoms with van der Waals surface area (Å²) in [4.78, 5) is 14.0. The highest BCUT2D eigenvalue weighted by Gasteiger charge is 2.16. The third-order valence-electron chi connectivity index (χ3n) is 3.23. The van der Waals surface area contributed by atoms with Gasteiger partial charge < -0.3 is 5.73 Å². The molecule has 0 aliphatic carbocycles. The molecule has 3 rings (SSSR count). The van der Waals surface area contributed by atoms with E-state index < -0.39 is 0 Å². The fourth-order valence-corrected chi connectivity index (χ4v) is 2.45. The lowest BCUT2D eigenvalue weighted by Crippen LogP contribution is -2.16. The summed E-state index contributed by atoms with van der Waals surface area (Å²) in [7, 11) is 0. The van der Waals surface area contributed by atoms with Crippen molar-refractivity contribution in [3.05, 3.63) is 47.7 Å². The largest absolute Gasteiger partial charge is 0.393 e. The predicted molar refractivity (Wildman–Crippen MR) is 86.6 cm³/mol. The van der Waals surface area contributed by atoms with E-state index in [2.05, 4.69) is 15.0 Å². The van der Waals surface area contributed by atoms with Crippen LogP contribution in [0.1, 0.15) is 17.2 Å². The van der Waals surface area contributed by atoms with Crippen LogP contribution in [0.5, 0.6) is 0 Å². The molecule has 21 heavy (non-hydrogen) atoms. The number of nitrogens with zero attached hydrogens (tertiary/aromatic N) is 4. The average molecular weight is 297 g/mol. The molecule has 2 N–H and O–H groups in total. The summed E-state index contributed by atoms with van der Waals surface area (Å²) in [5.41, 5.74) is 9.27. The number of hydrogen-bond acceptors (Lipinski definition) is 4. The fourth-order valence-electron chi connectivity index (χ4n) is 2.32. The van der Waals surface area contributed by atoms with Gasteiger partial charge in [-0.2, -0.15) is 0 Å². The molecule has 2 heterocycles. The van der Waals surface area contributed by atoms with E-state index in [0.29, 0.717) is 11.4 Å². The van der Waals surface area contributed by atoms with Crippen LogP contribution < -0.4 is 5.73 Å². The van der Waals surface area contributed by atoms with Crippen molar-refractivity contribution in [2.75, 3.05) is 0 Å². The summed E-state index contributed by atoms with van der Waals surface area (Å²) < 4.78 is 1.99. The van der Waals surface area contributed by atoms with Crippen LogP contribution in [0, 0.1) is 13.8 Å². The molecule has 0 saturated carbocycles. The smallest absolute Gasteiger partial charge is 0.160 e. The summed E-state index contributed by atoms with van der Waals surface area (Å²) in [5, 5.41) is 0. The zero-order valence-electron chi connectivity index (χ0n) is 11.9. The highest BCUT2D eigenvalue weighted by Crippen LogP contribution is 2.22. The molecule has 5 nitrogen and oxygen atoms in total. The van der Waals surface area contributed by atoms with Crippen LogP contribution in [-0.2, 0) is 6.42 Å². The van der Waals surface area contributed by atoms with Gasteiger partial charge in [0.1, 0.15) is 5.82 Å². The van der Waals surface area contributed by atoms with E-state index in [-0.39, 0.29) is 0 Å². The minimum absolute atomic E-state index is 0.407. The van der Waals surface area contributed by atoms with E-state index in [9.17, 15) is 0 Å². The van der Waals surface area contributed by atoms with E-state index in [0.717, 1.165) is 34.1 Å². The second kappa shape index (κ2) is 5.21. The maximum Gasteiger partial charge on any atom is 0.160 e. The molecule has 0 fully saturated rings. The zero-order chi connectivity index (χ0) is 15.0. The first-order valence-electron chi connectivity index (χ1n) is 6.61. The van der Waals surface area contributed by atoms with Crippen molar-refractivity contribution in [1.82, 2.24) is 19.5 Å². The van der Waals surface area contributed by atoms with Crippen molar-refractivity contribution in [3.63, 3.8) is 0 Å². The second-order valence-corrected chi connectivity index (χ2v) is 5.44. The molecule has 0 bridgehead atoms. The van der Waals surface area contributed by atoms with Crippen LogP contribution in [-0.4, -0.2) is 24.5 Å². The Morgan fingerprint density at radius 2 is 2.00 bits per heavy atom. The molecule has 0 aliphatic rings. The average Bonchev–Trinajstić information content (AvgIpc) is 2.78. The third kappa shape index (κ3) is 2.50. The first-order chi connectivity index (χ1) is 10.1. The quantitative estimate of drug-likeness (QED) is 0.751. The van der Waals surface area contributed by atoms with Gasteiger partial charge in [0, 0.05) is 6.20 Å². The first kappa shape index (κ1) is 13.6. The zero-order valence-corrected chi connectivity index (χ0v) is 12.7. The summed E-state index contributed by atoms with van der Waals surface area (Å²) >= 11 is 5.04. The van der Waals surface area contributed by atoms with E-state index in [1.54, 1.807) is 6.20 Å². The maximum absolute atomic E-state index is 5.70. The van der Waals surface area contributed by atoms with Crippen molar-refractivity contribution >= 4 is 28.2 Å². The van der Waals surface area contributed by atoms with Gasteiger partial charge in [-0.3, -0.25) is 9.55 Å². The van der Waals surface area contributed by atoms with Gasteiger partial charge >= 0.3 is 0 Å². The Labute approximate surface area is 127 Å². The van der Waals surface area contributed by atoms with Gasteiger partial charge in [-0.1, -0.05) is 24.4 Å². The summed E-state index contributed by atoms with van der Waals surface area (Å²) in [5.74, 6) is 1.56. The Bertz CT molecular complexity index is 837. The maximum atomic E-state index is 5.70. The number of nitrogens with two attached hydrogens (primary N) is 1. The minimum atomic E-state index is 0.407. The molecule has 1 aromatic carbocycles. The van der Waals surface area contributed by atoms with Gasteiger partial charge in [0.15, 0.2) is 5.82 Å². The van der Waals surface area contributed by atoms with Crippen LogP contribution >= 0.6 is 12.2 Å². The number of thiocarbonyl (C=S) groups is 1. The predicted octanol–water partition coefficient (Wildman–Crippen LogP) is 2.26. The first-order valence-corrected chi connectivity index (χ1v) is 7.02. The third-order valence-corrected chi connectivity index (χ3v) is 3.37. The summed E-state index contributed by atoms with van der Waals surface area (Å²) in [6, 6.07) is 7.91. The van der Waals surface area contributed by atoms with Crippen molar-refractivity contribution in [1.29, 1.82) is 0 Å². The molecule has 106 valence electrons. The molecule has 6 heteroatoms. The van der Waals surface area contributed by atoms with Crippen LogP contribution in [0.25, 0.3) is 16.9 Å². The van der Waals surface area contributed by atoms with Gasteiger partial charge in [0.25, 0.3) is 0 Å². The number of benzene rings is 1. The van der Waals surface area contributed by atoms with Gasteiger partial charge in [-0.25, -0.2) is 9.97 Å². The topological polar surface area (TPSA) is 69.6 Å². The highest BCUT2D eigenvalue weighted by atomic mass is 32.1. The molecule has 0 saturated heterocycles. The molecule has 0 amide bonds. The van der Waals surface area contributed by atoms with E-state index in [4.69, 9.17) is 18.0 Å². The standard InChI is InChI=1S/C15H15N5S/c1-9-8-17-10(2)15(18-9)20-12-6-4-3-5-11(12)19-14(20)7-13(16)21/h3-6,8H,7H2,1-2H3,(H2,16,21). The monoisotopic (exact) mass is 297 g/mol. The van der Waals surface area contributed by atoms with Crippen molar-refractivity contribution in [2.24, 2.45) is 5.73 Å². The van der Waals surface area contributed by atoms with Crippen LogP contribution in [0.4, 0.5) is 0 Å². The van der Waals surface area contributed by atoms with Crippen LogP contribution in [0.2, 0.25) is 0 Å². The number of para-hydroxylation sites is 2. The Balaban J connectivity index is 2.33. The molecule has 0 unspecified atom stereocenters. The van der Waals surface area contributed by atoms with Crippen molar-refractivity contribution in [3.8, 4) is 5.82 Å². The number of rotatable bonds is 3. The molecule has 0 aliphatic heterocycles. The van der Waals surface area contributed by atoms with Crippen molar-refractivity contribution in [2.45, 2.75) is 20.3 Å². The lowest BCUT2D eigenvalue weighted by atomic mass is 10.3. The number of aromatic nitrogens is 4. The Kier molecular flexibility index (Phi) is 3.39. The Morgan fingerprint density at radius 3 is 2.76 bits per heavy atom. The SMILES string of the molecule is Cc1cnc(C)c(-n2c(CC(N)=S)nc3ccccc32)n1. The van der Waals surface area contributed by atoms with Gasteiger partial charge in [0.05, 0.1) is 33.8 Å². The minimum Gasteiger partial charge on any atom is -0.393 e. The Morgan fingerprint density at radius 1 is 1.24 bits per heavy atom. The number of fused-ring (bicyclic) bond motifs is 1. The van der Waals surface area contributed by atoms with Gasteiger partial charge in [-0.05, 0) is 26.0 Å². The Hall–Kier alpha value is -2.34. The molecule has 0 atom stereocenters. The molecule has 3 aromatic rings. The lowest BCUT2D eigenvalue weighted by Gasteiger charge is -2.10. The van der Waals surface area contributed by atoms with Gasteiger partial charge in [-0.15, -0.1) is 0 Å². The lowest BCUT2D eigenvalue weighted by molar-refractivity contribution is 0.888. The van der Waals surface area contributed by atoms with Gasteiger partial charge in [0.2, 0.25) is 0 Å². The molecule has 0 radical (unpaired) electrons. The number of imidazole rings is 1. The van der Waals surface area contributed by atoms with Crippen LogP contribution in [0.3, 0.4) is 0 Å².